The Labute approximate surface area is 72.0 Å². The van der Waals surface area contributed by atoms with E-state index < -0.39 is 0 Å². The lowest BCUT2D eigenvalue weighted by molar-refractivity contribution is 0.284. The fourth-order valence-corrected chi connectivity index (χ4v) is 0.724. The third kappa shape index (κ3) is 2.15. The Hall–Kier alpha value is -1.19. The van der Waals surface area contributed by atoms with Crippen molar-refractivity contribution >= 4 is 6.02 Å². The van der Waals surface area contributed by atoms with Crippen LogP contribution in [0.2, 0.25) is 0 Å². The number of nitrogens with one attached hydrogen (secondary N) is 1. The molecule has 0 spiro atoms. The Morgan fingerprint density at radius 3 is 3.00 bits per heavy atom. The number of hydrogen-bond acceptors (Lipinski definition) is 4. The van der Waals surface area contributed by atoms with Crippen LogP contribution in [0.15, 0.2) is 16.4 Å². The van der Waals surface area contributed by atoms with Crippen LogP contribution in [0.3, 0.4) is 0 Å². The molecular weight excluding hydrogens is 156 g/mol. The molecule has 1 aliphatic rings. The lowest BCUT2D eigenvalue weighted by Gasteiger charge is -2.14. The van der Waals surface area contributed by atoms with Crippen molar-refractivity contribution in [2.75, 3.05) is 6.61 Å². The van der Waals surface area contributed by atoms with Gasteiger partial charge < -0.3 is 15.2 Å². The Morgan fingerprint density at radius 1 is 1.67 bits per heavy atom. The smallest absolute Gasteiger partial charge is 0.293 e. The zero-order valence-electron chi connectivity index (χ0n) is 7.29. The monoisotopic (exact) mass is 169 g/mol. The minimum Gasteiger partial charge on any atom is -0.493 e. The van der Waals surface area contributed by atoms with Crippen LogP contribution >= 0.6 is 0 Å². The van der Waals surface area contributed by atoms with Crippen LogP contribution in [0, 0.1) is 6.54 Å². The highest BCUT2D eigenvalue weighted by molar-refractivity contribution is 5.77. The van der Waals surface area contributed by atoms with E-state index in [1.807, 2.05) is 6.92 Å². The highest BCUT2D eigenvalue weighted by Crippen LogP contribution is 2.08. The predicted molar refractivity (Wildman–Crippen MR) is 46.4 cm³/mol. The molecule has 1 heterocycles. The quantitative estimate of drug-likeness (QED) is 0.655. The molecule has 0 aromatic carbocycles. The van der Waals surface area contributed by atoms with E-state index in [0.29, 0.717) is 18.2 Å². The standard InChI is InChI=1S/C8H13N2O2/c1-3-4-12-8-9-5-6(2)7(11)10-8/h5,11H,3-4H2,1-2H3,(H,9,10). The molecule has 2 N–H and O–H groups in total. The van der Waals surface area contributed by atoms with Crippen molar-refractivity contribution in [2.24, 2.45) is 4.99 Å². The number of aliphatic imine (C=N–C) groups is 1. The molecule has 0 bridgehead atoms. The molecule has 0 aromatic rings. The third-order valence-electron chi connectivity index (χ3n) is 1.42. The summed E-state index contributed by atoms with van der Waals surface area (Å²) in [7, 11) is 0. The van der Waals surface area contributed by atoms with Crippen molar-refractivity contribution in [3.63, 3.8) is 0 Å². The average Bonchev–Trinajstić information content (AvgIpc) is 2.07. The van der Waals surface area contributed by atoms with Gasteiger partial charge in [-0.2, -0.15) is 4.99 Å². The van der Waals surface area contributed by atoms with E-state index in [1.165, 1.54) is 0 Å². The van der Waals surface area contributed by atoms with Gasteiger partial charge in [-0.3, -0.25) is 0 Å². The summed E-state index contributed by atoms with van der Waals surface area (Å²) < 4.78 is 5.16. The second kappa shape index (κ2) is 3.99. The maximum atomic E-state index is 9.19. The van der Waals surface area contributed by atoms with Gasteiger partial charge in [0.1, 0.15) is 0 Å². The number of rotatable bonds is 2. The first-order valence-corrected chi connectivity index (χ1v) is 3.95. The minimum atomic E-state index is 0.0138. The predicted octanol–water partition coefficient (Wildman–Crippen LogP) is 1.32. The fraction of sp³-hybridized carbons (Fsp3) is 0.500. The van der Waals surface area contributed by atoms with Crippen LogP contribution < -0.4 is 5.32 Å². The summed E-state index contributed by atoms with van der Waals surface area (Å²) in [5, 5.41) is 12.0. The molecule has 67 valence electrons. The first-order valence-electron chi connectivity index (χ1n) is 3.95. The molecule has 4 nitrogen and oxygen atoms in total. The summed E-state index contributed by atoms with van der Waals surface area (Å²) >= 11 is 0. The fourth-order valence-electron chi connectivity index (χ4n) is 0.724. The molecule has 0 atom stereocenters. The number of aliphatic hydroxyl groups is 1. The van der Waals surface area contributed by atoms with E-state index in [-0.39, 0.29) is 5.88 Å². The Kier molecular flexibility index (Phi) is 2.96. The molecule has 0 amide bonds. The van der Waals surface area contributed by atoms with E-state index in [9.17, 15) is 5.11 Å². The minimum absolute atomic E-state index is 0.0138. The molecule has 0 unspecified atom stereocenters. The van der Waals surface area contributed by atoms with E-state index >= 15 is 0 Å². The van der Waals surface area contributed by atoms with Crippen LogP contribution in [-0.2, 0) is 4.74 Å². The van der Waals surface area contributed by atoms with Crippen molar-refractivity contribution in [1.29, 1.82) is 0 Å². The van der Waals surface area contributed by atoms with Gasteiger partial charge in [0.05, 0.1) is 13.2 Å². The second-order valence-corrected chi connectivity index (χ2v) is 2.56. The summed E-state index contributed by atoms with van der Waals surface area (Å²) in [5.74, 6) is 0.0138. The summed E-state index contributed by atoms with van der Waals surface area (Å²) in [4.78, 5) is 3.79. The van der Waals surface area contributed by atoms with Crippen LogP contribution in [-0.4, -0.2) is 17.7 Å². The van der Waals surface area contributed by atoms with Crippen molar-refractivity contribution in [3.8, 4) is 0 Å². The van der Waals surface area contributed by atoms with Gasteiger partial charge in [0.15, 0.2) is 0 Å². The molecule has 0 saturated carbocycles. The largest absolute Gasteiger partial charge is 0.493 e. The summed E-state index contributed by atoms with van der Waals surface area (Å²) in [6.45, 7) is 6.04. The summed E-state index contributed by atoms with van der Waals surface area (Å²) in [6.07, 6.45) is 0.921. The molecule has 12 heavy (non-hydrogen) atoms. The van der Waals surface area contributed by atoms with E-state index in [0.717, 1.165) is 6.42 Å². The van der Waals surface area contributed by atoms with Gasteiger partial charge in [-0.25, -0.2) is 0 Å². The van der Waals surface area contributed by atoms with Gasteiger partial charge in [0, 0.05) is 5.57 Å². The SMILES string of the molecule is CCCOC1=NC(O)=C(C)[CH]N1. The summed E-state index contributed by atoms with van der Waals surface area (Å²) in [6, 6.07) is 0.361. The molecule has 4 heteroatoms. The van der Waals surface area contributed by atoms with Crippen LogP contribution in [0.4, 0.5) is 0 Å². The molecular formula is C8H13N2O2. The van der Waals surface area contributed by atoms with Gasteiger partial charge in [0.2, 0.25) is 5.88 Å². The van der Waals surface area contributed by atoms with Crippen molar-refractivity contribution in [1.82, 2.24) is 5.32 Å². The lowest BCUT2D eigenvalue weighted by atomic mass is 10.3. The number of hydrogen-bond donors (Lipinski definition) is 2. The van der Waals surface area contributed by atoms with Crippen molar-refractivity contribution in [2.45, 2.75) is 20.3 Å². The Balaban J connectivity index is 2.51. The molecule has 1 radical (unpaired) electrons. The van der Waals surface area contributed by atoms with Crippen molar-refractivity contribution < 1.29 is 9.84 Å². The van der Waals surface area contributed by atoms with Gasteiger partial charge in [-0.05, 0) is 13.3 Å². The normalized spacial score (nSPS) is 17.0. The molecule has 0 fully saturated rings. The molecule has 1 aliphatic heterocycles. The maximum Gasteiger partial charge on any atom is 0.293 e. The van der Waals surface area contributed by atoms with Gasteiger partial charge in [-0.15, -0.1) is 0 Å². The highest BCUT2D eigenvalue weighted by atomic mass is 16.5. The topological polar surface area (TPSA) is 53.9 Å². The number of nitrogens with zero attached hydrogens (tertiary/aromatic N) is 1. The van der Waals surface area contributed by atoms with Crippen molar-refractivity contribution in [3.05, 3.63) is 18.0 Å². The number of ether oxygens (including phenoxy) is 1. The van der Waals surface area contributed by atoms with Crippen LogP contribution in [0.25, 0.3) is 0 Å². The number of aliphatic hydroxyl groups excluding tert-OH is 1. The Morgan fingerprint density at radius 2 is 2.42 bits per heavy atom. The van der Waals surface area contributed by atoms with E-state index in [4.69, 9.17) is 4.74 Å². The van der Waals surface area contributed by atoms with Crippen LogP contribution in [0.1, 0.15) is 20.3 Å². The first-order chi connectivity index (χ1) is 5.74. The second-order valence-electron chi connectivity index (χ2n) is 2.56. The highest BCUT2D eigenvalue weighted by Gasteiger charge is 2.10. The van der Waals surface area contributed by atoms with Gasteiger partial charge >= 0.3 is 0 Å². The maximum absolute atomic E-state index is 9.19. The van der Waals surface area contributed by atoms with E-state index in [2.05, 4.69) is 10.3 Å². The first kappa shape index (κ1) is 8.90. The van der Waals surface area contributed by atoms with Gasteiger partial charge in [-0.1, -0.05) is 6.92 Å². The zero-order chi connectivity index (χ0) is 8.97. The summed E-state index contributed by atoms with van der Waals surface area (Å²) in [5.41, 5.74) is 0.707. The van der Waals surface area contributed by atoms with E-state index in [1.54, 1.807) is 13.5 Å². The zero-order valence-corrected chi connectivity index (χ0v) is 7.29. The Bertz CT molecular complexity index is 221. The number of amidine groups is 1. The van der Waals surface area contributed by atoms with Crippen LogP contribution in [0.5, 0.6) is 0 Å². The lowest BCUT2D eigenvalue weighted by Crippen LogP contribution is -2.28. The van der Waals surface area contributed by atoms with Gasteiger partial charge in [0.25, 0.3) is 6.02 Å². The molecule has 0 aliphatic carbocycles. The molecule has 0 aromatic heterocycles. The average molecular weight is 169 g/mol. The third-order valence-corrected chi connectivity index (χ3v) is 1.42. The molecule has 0 saturated heterocycles. The molecule has 1 rings (SSSR count).